The van der Waals surface area contributed by atoms with E-state index in [2.05, 4.69) is 9.97 Å². The van der Waals surface area contributed by atoms with E-state index >= 15 is 0 Å². The second-order valence-electron chi connectivity index (χ2n) is 6.08. The lowest BCUT2D eigenvalue weighted by Gasteiger charge is -2.22. The largest absolute Gasteiger partial charge is 0.435 e. The Balaban J connectivity index is 2.07. The van der Waals surface area contributed by atoms with Crippen LogP contribution in [0.25, 0.3) is 11.3 Å². The van der Waals surface area contributed by atoms with Crippen molar-refractivity contribution in [2.75, 3.05) is 18.0 Å². The van der Waals surface area contributed by atoms with Crippen molar-refractivity contribution in [1.29, 1.82) is 0 Å². The number of anilines is 1. The highest BCUT2D eigenvalue weighted by Crippen LogP contribution is 2.45. The van der Waals surface area contributed by atoms with Gasteiger partial charge < -0.3 is 4.90 Å². The minimum absolute atomic E-state index is 0.0880. The summed E-state index contributed by atoms with van der Waals surface area (Å²) in [7, 11) is 0. The summed E-state index contributed by atoms with van der Waals surface area (Å²) in [6.45, 7) is -1.35. The maximum absolute atomic E-state index is 13.4. The highest BCUT2D eigenvalue weighted by Gasteiger charge is 2.63. The molecule has 1 fully saturated rings. The van der Waals surface area contributed by atoms with Crippen LogP contribution in [0.15, 0.2) is 30.6 Å². The standard InChI is InChI=1S/C16H12F7N3/c1-9-4-10(6-24-5-9)11-2-3-12(13(25-11)16(21,22)23)26-7-14(17,18)15(19,20)8-26/h2-6H,7-8H2,1H3. The van der Waals surface area contributed by atoms with E-state index in [1.807, 2.05) is 0 Å². The molecule has 0 amide bonds. The first kappa shape index (κ1) is 18.4. The Kier molecular flexibility index (Phi) is 4.12. The first-order valence-electron chi connectivity index (χ1n) is 7.42. The van der Waals surface area contributed by atoms with Crippen LogP contribution in [0.3, 0.4) is 0 Å². The Morgan fingerprint density at radius 3 is 2.15 bits per heavy atom. The number of hydrogen-bond donors (Lipinski definition) is 0. The smallest absolute Gasteiger partial charge is 0.357 e. The first-order valence-corrected chi connectivity index (χ1v) is 7.42. The van der Waals surface area contributed by atoms with Crippen LogP contribution < -0.4 is 4.90 Å². The fraction of sp³-hybridized carbons (Fsp3) is 0.375. The summed E-state index contributed by atoms with van der Waals surface area (Å²) < 4.78 is 93.6. The number of rotatable bonds is 2. The van der Waals surface area contributed by atoms with Gasteiger partial charge in [-0.3, -0.25) is 4.98 Å². The van der Waals surface area contributed by atoms with Crippen LogP contribution >= 0.6 is 0 Å². The molecule has 0 unspecified atom stereocenters. The van der Waals surface area contributed by atoms with Crippen molar-refractivity contribution in [3.8, 4) is 11.3 Å². The second-order valence-corrected chi connectivity index (χ2v) is 6.08. The predicted octanol–water partition coefficient (Wildman–Crippen LogP) is 4.56. The van der Waals surface area contributed by atoms with E-state index in [0.29, 0.717) is 16.0 Å². The van der Waals surface area contributed by atoms with Crippen LogP contribution in [0.5, 0.6) is 0 Å². The molecule has 0 saturated carbocycles. The van der Waals surface area contributed by atoms with E-state index in [4.69, 9.17) is 0 Å². The average molecular weight is 379 g/mol. The topological polar surface area (TPSA) is 29.0 Å². The minimum Gasteiger partial charge on any atom is -0.357 e. The van der Waals surface area contributed by atoms with Gasteiger partial charge in [-0.25, -0.2) is 4.98 Å². The molecule has 26 heavy (non-hydrogen) atoms. The van der Waals surface area contributed by atoms with Crippen molar-refractivity contribution in [2.45, 2.75) is 24.9 Å². The van der Waals surface area contributed by atoms with Crippen LogP contribution in [0.4, 0.5) is 36.4 Å². The molecule has 1 aliphatic rings. The fourth-order valence-electron chi connectivity index (χ4n) is 2.71. The van der Waals surface area contributed by atoms with E-state index in [9.17, 15) is 30.7 Å². The zero-order chi connectivity index (χ0) is 19.3. The second kappa shape index (κ2) is 5.82. The van der Waals surface area contributed by atoms with Gasteiger partial charge >= 0.3 is 18.0 Å². The predicted molar refractivity (Wildman–Crippen MR) is 79.3 cm³/mol. The molecule has 2 aromatic rings. The van der Waals surface area contributed by atoms with Crippen LogP contribution in [0.2, 0.25) is 0 Å². The Morgan fingerprint density at radius 1 is 1.00 bits per heavy atom. The molecule has 3 rings (SSSR count). The van der Waals surface area contributed by atoms with Crippen LogP contribution in [-0.4, -0.2) is 34.9 Å². The molecular formula is C16H12F7N3. The van der Waals surface area contributed by atoms with E-state index in [1.165, 1.54) is 12.4 Å². The molecule has 0 atom stereocenters. The summed E-state index contributed by atoms with van der Waals surface area (Å²) in [6, 6.07) is 3.59. The first-order chi connectivity index (χ1) is 11.9. The average Bonchev–Trinajstić information content (AvgIpc) is 2.74. The monoisotopic (exact) mass is 379 g/mol. The van der Waals surface area contributed by atoms with Gasteiger partial charge in [-0.15, -0.1) is 0 Å². The highest BCUT2D eigenvalue weighted by atomic mass is 19.4. The maximum Gasteiger partial charge on any atom is 0.435 e. The number of hydrogen-bond acceptors (Lipinski definition) is 3. The number of pyridine rings is 2. The summed E-state index contributed by atoms with van der Waals surface area (Å²) in [5, 5.41) is 0. The summed E-state index contributed by atoms with van der Waals surface area (Å²) in [5.74, 6) is -8.84. The molecule has 0 N–H and O–H groups in total. The normalized spacial score (nSPS) is 19.0. The lowest BCUT2D eigenvalue weighted by atomic mass is 10.1. The quantitative estimate of drug-likeness (QED) is 0.717. The van der Waals surface area contributed by atoms with Crippen molar-refractivity contribution in [2.24, 2.45) is 0 Å². The van der Waals surface area contributed by atoms with Crippen molar-refractivity contribution in [1.82, 2.24) is 9.97 Å². The van der Waals surface area contributed by atoms with Gasteiger partial charge in [0.05, 0.1) is 24.5 Å². The van der Waals surface area contributed by atoms with Gasteiger partial charge in [-0.1, -0.05) is 0 Å². The van der Waals surface area contributed by atoms with Gasteiger partial charge in [0.25, 0.3) is 0 Å². The SMILES string of the molecule is Cc1cncc(-c2ccc(N3CC(F)(F)C(F)(F)C3)c(C(F)(F)F)n2)c1. The minimum atomic E-state index is -5.00. The molecule has 0 bridgehead atoms. The third-order valence-electron chi connectivity index (χ3n) is 3.97. The maximum atomic E-state index is 13.4. The molecule has 1 aliphatic heterocycles. The van der Waals surface area contributed by atoms with Crippen molar-refractivity contribution >= 4 is 5.69 Å². The summed E-state index contributed by atoms with van der Waals surface area (Å²) in [6.07, 6.45) is -2.21. The zero-order valence-electron chi connectivity index (χ0n) is 13.3. The Morgan fingerprint density at radius 2 is 1.62 bits per heavy atom. The zero-order valence-corrected chi connectivity index (χ0v) is 13.3. The molecule has 0 spiro atoms. The molecule has 3 nitrogen and oxygen atoms in total. The molecule has 0 aromatic carbocycles. The molecule has 140 valence electrons. The number of aromatic nitrogens is 2. The Bertz CT molecular complexity index is 817. The molecule has 0 radical (unpaired) electrons. The van der Waals surface area contributed by atoms with E-state index in [-0.39, 0.29) is 5.69 Å². The van der Waals surface area contributed by atoms with Crippen LogP contribution in [-0.2, 0) is 6.18 Å². The molecule has 3 heterocycles. The third-order valence-corrected chi connectivity index (χ3v) is 3.97. The van der Waals surface area contributed by atoms with Gasteiger partial charge in [0, 0.05) is 18.0 Å². The van der Waals surface area contributed by atoms with Gasteiger partial charge in [-0.2, -0.15) is 30.7 Å². The number of nitrogens with zero attached hydrogens (tertiary/aromatic N) is 3. The Labute approximate surface area is 143 Å². The highest BCUT2D eigenvalue weighted by molar-refractivity contribution is 5.64. The molecule has 10 heteroatoms. The van der Waals surface area contributed by atoms with Crippen molar-refractivity contribution < 1.29 is 30.7 Å². The van der Waals surface area contributed by atoms with Gasteiger partial charge in [0.1, 0.15) is 0 Å². The molecule has 1 saturated heterocycles. The lowest BCUT2D eigenvalue weighted by Crippen LogP contribution is -2.38. The number of aryl methyl sites for hydroxylation is 1. The van der Waals surface area contributed by atoms with Crippen LogP contribution in [0, 0.1) is 6.92 Å². The molecule has 2 aromatic heterocycles. The van der Waals surface area contributed by atoms with E-state index < -0.39 is 42.5 Å². The summed E-state index contributed by atoms with van der Waals surface area (Å²) in [5.41, 5.74) is -1.42. The Hall–Kier alpha value is -2.39. The van der Waals surface area contributed by atoms with Gasteiger partial charge in [0.2, 0.25) is 0 Å². The summed E-state index contributed by atoms with van der Waals surface area (Å²) >= 11 is 0. The van der Waals surface area contributed by atoms with E-state index in [0.717, 1.165) is 12.1 Å². The fourth-order valence-corrected chi connectivity index (χ4v) is 2.71. The van der Waals surface area contributed by atoms with Crippen molar-refractivity contribution in [3.05, 3.63) is 41.9 Å². The third kappa shape index (κ3) is 3.19. The molecule has 0 aliphatic carbocycles. The summed E-state index contributed by atoms with van der Waals surface area (Å²) in [4.78, 5) is 7.67. The number of halogens is 7. The molecular weight excluding hydrogens is 367 g/mol. The van der Waals surface area contributed by atoms with Crippen molar-refractivity contribution in [3.63, 3.8) is 0 Å². The number of alkyl halides is 7. The van der Waals surface area contributed by atoms with Gasteiger partial charge in [0.15, 0.2) is 5.69 Å². The van der Waals surface area contributed by atoms with Crippen LogP contribution in [0.1, 0.15) is 11.3 Å². The van der Waals surface area contributed by atoms with Gasteiger partial charge in [-0.05, 0) is 30.7 Å². The van der Waals surface area contributed by atoms with E-state index in [1.54, 1.807) is 13.0 Å². The lowest BCUT2D eigenvalue weighted by molar-refractivity contribution is -0.172.